The van der Waals surface area contributed by atoms with Gasteiger partial charge in [-0.3, -0.25) is 14.9 Å². The Hall–Kier alpha value is -4.25. The number of aliphatic hydroxyl groups excluding tert-OH is 1. The summed E-state index contributed by atoms with van der Waals surface area (Å²) in [6, 6.07) is 12.3. The average molecular weight is 464 g/mol. The molecule has 1 aliphatic heterocycles. The predicted molar refractivity (Wildman–Crippen MR) is 125 cm³/mol. The Kier molecular flexibility index (Phi) is 6.55. The molecule has 3 N–H and O–H groups in total. The van der Waals surface area contributed by atoms with E-state index in [0.29, 0.717) is 52.9 Å². The van der Waals surface area contributed by atoms with Gasteiger partial charge in [0.25, 0.3) is 11.6 Å². The maximum absolute atomic E-state index is 13.5. The summed E-state index contributed by atoms with van der Waals surface area (Å²) in [5.41, 5.74) is 1.90. The van der Waals surface area contributed by atoms with E-state index in [0.717, 1.165) is 0 Å². The Bertz CT molecular complexity index is 1250. The van der Waals surface area contributed by atoms with Gasteiger partial charge in [0.2, 0.25) is 5.95 Å². The topological polar surface area (TPSA) is 144 Å². The van der Waals surface area contributed by atoms with Gasteiger partial charge in [-0.25, -0.2) is 4.68 Å². The number of anilines is 2. The highest BCUT2D eigenvalue weighted by molar-refractivity contribution is 6.06. The van der Waals surface area contributed by atoms with Crippen molar-refractivity contribution < 1.29 is 19.6 Å². The number of nitro benzene ring substituents is 1. The first kappa shape index (κ1) is 22.9. The number of fused-ring (bicyclic) bond motifs is 1. The predicted octanol–water partition coefficient (Wildman–Crippen LogP) is 3.05. The second-order valence-corrected chi connectivity index (χ2v) is 7.72. The van der Waals surface area contributed by atoms with E-state index in [1.54, 1.807) is 55.1 Å². The molecule has 0 aliphatic carbocycles. The molecule has 0 radical (unpaired) electrons. The van der Waals surface area contributed by atoms with Crippen LogP contribution >= 0.6 is 0 Å². The number of nitro groups is 1. The van der Waals surface area contributed by atoms with E-state index in [-0.39, 0.29) is 18.2 Å². The fourth-order valence-corrected chi connectivity index (χ4v) is 3.82. The number of hydrogen-bond acceptors (Lipinski definition) is 8. The first-order valence-electron chi connectivity index (χ1n) is 10.6. The highest BCUT2D eigenvalue weighted by Gasteiger charge is 2.35. The Labute approximate surface area is 195 Å². The molecule has 1 amide bonds. The van der Waals surface area contributed by atoms with Crippen molar-refractivity contribution in [1.29, 1.82) is 0 Å². The summed E-state index contributed by atoms with van der Waals surface area (Å²) in [5, 5.41) is 31.1. The minimum atomic E-state index is -0.746. The zero-order valence-electron chi connectivity index (χ0n) is 18.7. The van der Waals surface area contributed by atoms with Crippen molar-refractivity contribution in [2.45, 2.75) is 25.8 Å². The Morgan fingerprint density at radius 1 is 1.29 bits per heavy atom. The summed E-state index contributed by atoms with van der Waals surface area (Å²) in [7, 11) is 1.56. The maximum atomic E-state index is 13.5. The van der Waals surface area contributed by atoms with Crippen LogP contribution in [0.15, 0.2) is 59.8 Å². The summed E-state index contributed by atoms with van der Waals surface area (Å²) in [6.45, 7) is 1.75. The van der Waals surface area contributed by atoms with Gasteiger partial charge in [0.15, 0.2) is 5.82 Å². The quantitative estimate of drug-likeness (QED) is 0.341. The summed E-state index contributed by atoms with van der Waals surface area (Å²) in [6.07, 6.45) is 0.939. The Morgan fingerprint density at radius 2 is 2.06 bits per heavy atom. The van der Waals surface area contributed by atoms with Crippen LogP contribution in [0.2, 0.25) is 0 Å². The first-order chi connectivity index (χ1) is 16.4. The third-order valence-electron chi connectivity index (χ3n) is 5.44. The van der Waals surface area contributed by atoms with Crippen LogP contribution in [0.4, 0.5) is 17.3 Å². The zero-order valence-corrected chi connectivity index (χ0v) is 18.7. The lowest BCUT2D eigenvalue weighted by Crippen LogP contribution is -2.31. The Balaban J connectivity index is 1.76. The molecule has 1 atom stereocenters. The van der Waals surface area contributed by atoms with E-state index < -0.39 is 11.0 Å². The number of ether oxygens (including phenoxy) is 1. The molecule has 11 nitrogen and oxygen atoms in total. The molecule has 3 aromatic rings. The SMILES string of the molecule is COc1ccc(NC(=O)C2=C(C)Nc3nc(CCCO)nn3C2c2cccc([N+](=O)[O-])c2)cc1. The van der Waals surface area contributed by atoms with E-state index >= 15 is 0 Å². The second-order valence-electron chi connectivity index (χ2n) is 7.72. The third-order valence-corrected chi connectivity index (χ3v) is 5.44. The number of methoxy groups -OCH3 is 1. The molecule has 4 rings (SSSR count). The summed E-state index contributed by atoms with van der Waals surface area (Å²) in [5.74, 6) is 1.19. The molecular weight excluding hydrogens is 440 g/mol. The molecule has 0 bridgehead atoms. The van der Waals surface area contributed by atoms with Gasteiger partial charge in [-0.2, -0.15) is 10.1 Å². The summed E-state index contributed by atoms with van der Waals surface area (Å²) >= 11 is 0. The normalized spacial score (nSPS) is 14.9. The number of amides is 1. The van der Waals surface area contributed by atoms with Crippen molar-refractivity contribution in [2.75, 3.05) is 24.4 Å². The third kappa shape index (κ3) is 4.59. The molecule has 0 fully saturated rings. The minimum absolute atomic E-state index is 0.00158. The highest BCUT2D eigenvalue weighted by atomic mass is 16.6. The van der Waals surface area contributed by atoms with Gasteiger partial charge in [0.05, 0.1) is 17.6 Å². The van der Waals surface area contributed by atoms with Crippen LogP contribution in [-0.4, -0.2) is 44.4 Å². The van der Waals surface area contributed by atoms with E-state index in [2.05, 4.69) is 20.7 Å². The number of carbonyl (C=O) groups is 1. The van der Waals surface area contributed by atoms with Crippen LogP contribution in [0.5, 0.6) is 5.75 Å². The fourth-order valence-electron chi connectivity index (χ4n) is 3.82. The van der Waals surface area contributed by atoms with E-state index in [9.17, 15) is 14.9 Å². The molecular formula is C23H24N6O5. The molecule has 0 saturated heterocycles. The van der Waals surface area contributed by atoms with Crippen LogP contribution in [0, 0.1) is 10.1 Å². The molecule has 34 heavy (non-hydrogen) atoms. The second kappa shape index (κ2) is 9.71. The van der Waals surface area contributed by atoms with Gasteiger partial charge in [0.1, 0.15) is 11.8 Å². The fraction of sp³-hybridized carbons (Fsp3) is 0.261. The van der Waals surface area contributed by atoms with Crippen LogP contribution in [0.1, 0.15) is 30.8 Å². The van der Waals surface area contributed by atoms with E-state index in [1.165, 1.54) is 12.1 Å². The number of aromatic nitrogens is 3. The van der Waals surface area contributed by atoms with Gasteiger partial charge < -0.3 is 20.5 Å². The molecule has 0 spiro atoms. The van der Waals surface area contributed by atoms with E-state index in [4.69, 9.17) is 9.84 Å². The lowest BCUT2D eigenvalue weighted by Gasteiger charge is -2.28. The monoisotopic (exact) mass is 464 g/mol. The minimum Gasteiger partial charge on any atom is -0.497 e. The van der Waals surface area contributed by atoms with Crippen molar-refractivity contribution in [1.82, 2.24) is 14.8 Å². The number of aliphatic hydroxyl groups is 1. The lowest BCUT2D eigenvalue weighted by atomic mass is 9.94. The molecule has 2 heterocycles. The van der Waals surface area contributed by atoms with Gasteiger partial charge in [0, 0.05) is 36.5 Å². The van der Waals surface area contributed by atoms with Crippen LogP contribution in [-0.2, 0) is 11.2 Å². The van der Waals surface area contributed by atoms with Crippen LogP contribution < -0.4 is 15.4 Å². The molecule has 2 aromatic carbocycles. The number of benzene rings is 2. The maximum Gasteiger partial charge on any atom is 0.269 e. The van der Waals surface area contributed by atoms with E-state index in [1.807, 2.05) is 0 Å². The molecule has 1 unspecified atom stereocenters. The average Bonchev–Trinajstić information content (AvgIpc) is 3.24. The number of nitrogens with zero attached hydrogens (tertiary/aromatic N) is 4. The standard InChI is InChI=1S/C23H24N6O5/c1-14-20(22(31)25-16-8-10-18(34-2)11-9-16)21(15-5-3-6-17(13-15)29(32)33)28-23(24-14)26-19(27-28)7-4-12-30/h3,5-6,8-11,13,21,30H,4,7,12H2,1-2H3,(H,25,31)(H,24,26,27). The first-order valence-corrected chi connectivity index (χ1v) is 10.6. The summed E-state index contributed by atoms with van der Waals surface area (Å²) < 4.78 is 6.72. The van der Waals surface area contributed by atoms with Crippen molar-refractivity contribution in [2.24, 2.45) is 0 Å². The van der Waals surface area contributed by atoms with Crippen molar-refractivity contribution in [3.63, 3.8) is 0 Å². The Morgan fingerprint density at radius 3 is 2.74 bits per heavy atom. The number of nitrogens with one attached hydrogen (secondary N) is 2. The number of hydrogen-bond donors (Lipinski definition) is 3. The van der Waals surface area contributed by atoms with Crippen LogP contribution in [0.3, 0.4) is 0 Å². The highest BCUT2D eigenvalue weighted by Crippen LogP contribution is 2.37. The van der Waals surface area contributed by atoms with Gasteiger partial charge in [-0.15, -0.1) is 0 Å². The van der Waals surface area contributed by atoms with Crippen LogP contribution in [0.25, 0.3) is 0 Å². The summed E-state index contributed by atoms with van der Waals surface area (Å²) in [4.78, 5) is 28.9. The molecule has 11 heteroatoms. The van der Waals surface area contributed by atoms with Gasteiger partial charge in [-0.1, -0.05) is 12.1 Å². The molecule has 176 valence electrons. The molecule has 1 aliphatic rings. The number of rotatable bonds is 8. The lowest BCUT2D eigenvalue weighted by molar-refractivity contribution is -0.384. The van der Waals surface area contributed by atoms with Crippen molar-refractivity contribution >= 4 is 23.2 Å². The zero-order chi connectivity index (χ0) is 24.2. The number of aryl methyl sites for hydroxylation is 1. The van der Waals surface area contributed by atoms with Gasteiger partial charge in [-0.05, 0) is 43.2 Å². The van der Waals surface area contributed by atoms with Crippen molar-refractivity contribution in [3.05, 3.63) is 81.3 Å². The number of non-ortho nitro benzene ring substituents is 1. The number of allylic oxidation sites excluding steroid dienone is 1. The largest absolute Gasteiger partial charge is 0.497 e. The smallest absolute Gasteiger partial charge is 0.269 e. The molecule has 1 aromatic heterocycles. The van der Waals surface area contributed by atoms with Gasteiger partial charge >= 0.3 is 0 Å². The van der Waals surface area contributed by atoms with Crippen molar-refractivity contribution in [3.8, 4) is 5.75 Å². The molecule has 0 saturated carbocycles. The number of carbonyl (C=O) groups excluding carboxylic acids is 1.